The Hall–Kier alpha value is -5.28. The largest absolute Gasteiger partial charge is 0.453 e. The van der Waals surface area contributed by atoms with Gasteiger partial charge in [0, 0.05) is 0 Å². The Kier molecular flexibility index (Phi) is 4.41. The summed E-state index contributed by atoms with van der Waals surface area (Å²) in [5, 5.41) is 10.0. The lowest BCUT2D eigenvalue weighted by molar-refractivity contribution is 0.476. The molecule has 0 spiro atoms. The molecule has 0 fully saturated rings. The number of rotatable bonds is 2. The van der Waals surface area contributed by atoms with Gasteiger partial charge < -0.3 is 9.47 Å². The molecule has 7 rings (SSSR count). The number of hydrogen-bond donors (Lipinski definition) is 0. The SMILES string of the molecule is N#Cc1cc(N2c3ccccc3Oc3ccccc32)nc(N2c3ccccc3Oc3ccccc32)c1. The fourth-order valence-electron chi connectivity index (χ4n) is 4.70. The monoisotopic (exact) mass is 466 g/mol. The van der Waals surface area contributed by atoms with Crippen LogP contribution in [0.5, 0.6) is 23.0 Å². The predicted octanol–water partition coefficient (Wildman–Crippen LogP) is 8.10. The molecule has 0 saturated heterocycles. The Morgan fingerprint density at radius 1 is 0.528 bits per heavy atom. The first-order chi connectivity index (χ1) is 17.8. The second-order valence-electron chi connectivity index (χ2n) is 8.43. The Morgan fingerprint density at radius 3 is 1.19 bits per heavy atom. The number of nitriles is 1. The molecule has 2 aliphatic rings. The Bertz CT molecular complexity index is 1480. The zero-order chi connectivity index (χ0) is 24.1. The average molecular weight is 467 g/mol. The van der Waals surface area contributed by atoms with E-state index in [0.717, 1.165) is 45.7 Å². The Balaban J connectivity index is 1.47. The lowest BCUT2D eigenvalue weighted by atomic mass is 10.1. The summed E-state index contributed by atoms with van der Waals surface area (Å²) in [5.41, 5.74) is 3.91. The Morgan fingerprint density at radius 2 is 0.861 bits per heavy atom. The molecule has 0 radical (unpaired) electrons. The van der Waals surface area contributed by atoms with Gasteiger partial charge in [-0.1, -0.05) is 48.5 Å². The molecule has 3 heterocycles. The third-order valence-electron chi connectivity index (χ3n) is 6.25. The summed E-state index contributed by atoms with van der Waals surface area (Å²) in [6.45, 7) is 0. The number of benzene rings is 4. The maximum Gasteiger partial charge on any atom is 0.151 e. The number of anilines is 6. The standard InChI is InChI=1S/C30H18N4O2/c31-19-20-17-29(33-21-9-1-5-13-25(21)35-26-14-6-2-10-22(26)33)32-30(18-20)34-23-11-3-7-15-27(23)36-28-16-8-4-12-24(28)34/h1-18H. The van der Waals surface area contributed by atoms with E-state index in [2.05, 4.69) is 6.07 Å². The number of ether oxygens (including phenoxy) is 2. The van der Waals surface area contributed by atoms with Crippen LogP contribution in [-0.4, -0.2) is 4.98 Å². The highest BCUT2D eigenvalue weighted by molar-refractivity contribution is 5.88. The number of fused-ring (bicyclic) bond motifs is 4. The van der Waals surface area contributed by atoms with Crippen molar-refractivity contribution >= 4 is 34.4 Å². The minimum atomic E-state index is 0.498. The minimum absolute atomic E-state index is 0.498. The molecule has 6 heteroatoms. The molecule has 0 N–H and O–H groups in total. The molecule has 170 valence electrons. The van der Waals surface area contributed by atoms with E-state index >= 15 is 0 Å². The minimum Gasteiger partial charge on any atom is -0.453 e. The summed E-state index contributed by atoms with van der Waals surface area (Å²) in [6.07, 6.45) is 0. The Labute approximate surface area is 207 Å². The third kappa shape index (κ3) is 3.07. The van der Waals surface area contributed by atoms with Crippen LogP contribution in [0.4, 0.5) is 34.4 Å². The molecule has 0 saturated carbocycles. The fourth-order valence-corrected chi connectivity index (χ4v) is 4.70. The van der Waals surface area contributed by atoms with Crippen LogP contribution in [0.1, 0.15) is 5.56 Å². The van der Waals surface area contributed by atoms with E-state index in [1.54, 1.807) is 12.1 Å². The van der Waals surface area contributed by atoms with Gasteiger partial charge in [-0.3, -0.25) is 9.80 Å². The van der Waals surface area contributed by atoms with Crippen molar-refractivity contribution in [3.8, 4) is 29.1 Å². The summed E-state index contributed by atoms with van der Waals surface area (Å²) < 4.78 is 12.3. The normalized spacial score (nSPS) is 12.8. The van der Waals surface area contributed by atoms with Gasteiger partial charge in [-0.05, 0) is 60.7 Å². The lowest BCUT2D eigenvalue weighted by Gasteiger charge is -2.34. The van der Waals surface area contributed by atoms with E-state index in [-0.39, 0.29) is 0 Å². The molecule has 2 aliphatic heterocycles. The first-order valence-corrected chi connectivity index (χ1v) is 11.5. The third-order valence-corrected chi connectivity index (χ3v) is 6.25. The van der Waals surface area contributed by atoms with Crippen LogP contribution >= 0.6 is 0 Å². The van der Waals surface area contributed by atoms with E-state index in [1.165, 1.54) is 0 Å². The molecular formula is C30H18N4O2. The van der Waals surface area contributed by atoms with Crippen LogP contribution in [0.2, 0.25) is 0 Å². The maximum absolute atomic E-state index is 10.0. The first-order valence-electron chi connectivity index (χ1n) is 11.5. The van der Waals surface area contributed by atoms with E-state index in [4.69, 9.17) is 14.5 Å². The number of aromatic nitrogens is 1. The van der Waals surface area contributed by atoms with Gasteiger partial charge >= 0.3 is 0 Å². The second kappa shape index (κ2) is 7.90. The van der Waals surface area contributed by atoms with Gasteiger partial charge in [0.15, 0.2) is 23.0 Å². The second-order valence-corrected chi connectivity index (χ2v) is 8.43. The van der Waals surface area contributed by atoms with Gasteiger partial charge in [0.25, 0.3) is 0 Å². The summed E-state index contributed by atoms with van der Waals surface area (Å²) >= 11 is 0. The topological polar surface area (TPSA) is 61.6 Å². The van der Waals surface area contributed by atoms with E-state index < -0.39 is 0 Å². The highest BCUT2D eigenvalue weighted by Gasteiger charge is 2.30. The van der Waals surface area contributed by atoms with Crippen LogP contribution in [0.3, 0.4) is 0 Å². The van der Waals surface area contributed by atoms with Crippen molar-refractivity contribution in [1.82, 2.24) is 4.98 Å². The van der Waals surface area contributed by atoms with Crippen molar-refractivity contribution < 1.29 is 9.47 Å². The smallest absolute Gasteiger partial charge is 0.151 e. The number of pyridine rings is 1. The van der Waals surface area contributed by atoms with E-state index in [0.29, 0.717) is 17.2 Å². The van der Waals surface area contributed by atoms with Crippen LogP contribution in [-0.2, 0) is 0 Å². The molecule has 6 nitrogen and oxygen atoms in total. The summed E-state index contributed by atoms with van der Waals surface area (Å²) in [4.78, 5) is 9.19. The molecule has 1 aromatic heterocycles. The molecular weight excluding hydrogens is 448 g/mol. The predicted molar refractivity (Wildman–Crippen MR) is 138 cm³/mol. The van der Waals surface area contributed by atoms with Crippen molar-refractivity contribution in [1.29, 1.82) is 5.26 Å². The number of nitrogens with zero attached hydrogens (tertiary/aromatic N) is 4. The van der Waals surface area contributed by atoms with Crippen LogP contribution in [0.15, 0.2) is 109 Å². The van der Waals surface area contributed by atoms with Gasteiger partial charge in [0.2, 0.25) is 0 Å². The summed E-state index contributed by atoms with van der Waals surface area (Å²) in [5.74, 6) is 4.14. The van der Waals surface area contributed by atoms with Crippen molar-refractivity contribution in [2.45, 2.75) is 0 Å². The molecule has 0 atom stereocenters. The molecule has 0 aliphatic carbocycles. The lowest BCUT2D eigenvalue weighted by Crippen LogP contribution is -2.20. The van der Waals surface area contributed by atoms with Gasteiger partial charge in [0.1, 0.15) is 11.6 Å². The highest BCUT2D eigenvalue weighted by Crippen LogP contribution is 2.52. The first kappa shape index (κ1) is 20.1. The number of para-hydroxylation sites is 8. The zero-order valence-electron chi connectivity index (χ0n) is 19.0. The van der Waals surface area contributed by atoms with Crippen LogP contribution in [0, 0.1) is 11.3 Å². The van der Waals surface area contributed by atoms with E-state index in [9.17, 15) is 5.26 Å². The quantitative estimate of drug-likeness (QED) is 0.256. The van der Waals surface area contributed by atoms with Crippen LogP contribution in [0.25, 0.3) is 0 Å². The molecule has 4 aromatic carbocycles. The fraction of sp³-hybridized carbons (Fsp3) is 0. The van der Waals surface area contributed by atoms with Gasteiger partial charge in [0.05, 0.1) is 34.4 Å². The molecule has 0 bridgehead atoms. The molecule has 0 amide bonds. The summed E-state index contributed by atoms with van der Waals surface area (Å²) in [7, 11) is 0. The summed E-state index contributed by atoms with van der Waals surface area (Å²) in [6, 6.07) is 37.3. The van der Waals surface area contributed by atoms with Crippen molar-refractivity contribution in [3.05, 3.63) is 115 Å². The van der Waals surface area contributed by atoms with Gasteiger partial charge in [-0.25, -0.2) is 4.98 Å². The molecule has 36 heavy (non-hydrogen) atoms. The van der Waals surface area contributed by atoms with Gasteiger partial charge in [-0.15, -0.1) is 0 Å². The van der Waals surface area contributed by atoms with Crippen LogP contribution < -0.4 is 19.3 Å². The highest BCUT2D eigenvalue weighted by atomic mass is 16.5. The molecule has 0 unspecified atom stereocenters. The molecule has 5 aromatic rings. The average Bonchev–Trinajstić information content (AvgIpc) is 2.94. The van der Waals surface area contributed by atoms with Crippen molar-refractivity contribution in [2.75, 3.05) is 9.80 Å². The van der Waals surface area contributed by atoms with Gasteiger partial charge in [-0.2, -0.15) is 5.26 Å². The maximum atomic E-state index is 10.0. The number of hydrogen-bond acceptors (Lipinski definition) is 6. The van der Waals surface area contributed by atoms with E-state index in [1.807, 2.05) is 107 Å². The zero-order valence-corrected chi connectivity index (χ0v) is 19.0. The van der Waals surface area contributed by atoms with Crippen molar-refractivity contribution in [2.24, 2.45) is 0 Å². The van der Waals surface area contributed by atoms with Crippen molar-refractivity contribution in [3.63, 3.8) is 0 Å².